The second kappa shape index (κ2) is 3.05. The van der Waals surface area contributed by atoms with Gasteiger partial charge in [-0.25, -0.2) is 4.99 Å². The standard InChI is InChI=1S/C8H9NOS/c1-5-3-4-7(6(2)10)8(11)9-5/h3-4,7H,1-2H3. The topological polar surface area (TPSA) is 29.4 Å². The van der Waals surface area contributed by atoms with Crippen molar-refractivity contribution < 1.29 is 4.79 Å². The van der Waals surface area contributed by atoms with E-state index in [4.69, 9.17) is 12.2 Å². The van der Waals surface area contributed by atoms with Crippen LogP contribution in [-0.4, -0.2) is 16.5 Å². The van der Waals surface area contributed by atoms with Gasteiger partial charge in [0.1, 0.15) is 10.8 Å². The van der Waals surface area contributed by atoms with Crippen molar-refractivity contribution in [2.24, 2.45) is 10.9 Å². The fraction of sp³-hybridized carbons (Fsp3) is 0.375. The summed E-state index contributed by atoms with van der Waals surface area (Å²) in [5, 5.41) is 0. The summed E-state index contributed by atoms with van der Waals surface area (Å²) in [6, 6.07) is 0. The van der Waals surface area contributed by atoms with Crippen LogP contribution in [0.2, 0.25) is 0 Å². The molecule has 0 spiro atoms. The van der Waals surface area contributed by atoms with Gasteiger partial charge in [0.15, 0.2) is 0 Å². The highest BCUT2D eigenvalue weighted by molar-refractivity contribution is 7.80. The van der Waals surface area contributed by atoms with Crippen molar-refractivity contribution in [3.63, 3.8) is 0 Å². The molecular weight excluding hydrogens is 158 g/mol. The summed E-state index contributed by atoms with van der Waals surface area (Å²) in [6.07, 6.45) is 3.62. The maximum absolute atomic E-state index is 10.9. The van der Waals surface area contributed by atoms with Crippen molar-refractivity contribution in [3.8, 4) is 0 Å². The largest absolute Gasteiger partial charge is 0.299 e. The molecule has 0 N–H and O–H groups in total. The molecule has 1 unspecified atom stereocenters. The minimum Gasteiger partial charge on any atom is -0.299 e. The Bertz CT molecular complexity index is 265. The second-order valence-corrected chi connectivity index (χ2v) is 2.96. The summed E-state index contributed by atoms with van der Waals surface area (Å²) >= 11 is 4.92. The lowest BCUT2D eigenvalue weighted by atomic mass is 10.0. The number of rotatable bonds is 1. The van der Waals surface area contributed by atoms with E-state index in [0.717, 1.165) is 5.71 Å². The summed E-state index contributed by atoms with van der Waals surface area (Å²) in [6.45, 7) is 3.39. The number of dihydropyridines is 1. The molecule has 11 heavy (non-hydrogen) atoms. The van der Waals surface area contributed by atoms with Gasteiger partial charge in [0, 0.05) is 5.71 Å². The maximum atomic E-state index is 10.9. The number of aliphatic imine (C=N–C) groups is 1. The Hall–Kier alpha value is -0.830. The second-order valence-electron chi connectivity index (χ2n) is 2.54. The highest BCUT2D eigenvalue weighted by Gasteiger charge is 2.18. The van der Waals surface area contributed by atoms with Gasteiger partial charge in [0.25, 0.3) is 0 Å². The first-order chi connectivity index (χ1) is 5.11. The van der Waals surface area contributed by atoms with Crippen molar-refractivity contribution in [1.82, 2.24) is 0 Å². The number of ketones is 1. The third-order valence-electron chi connectivity index (χ3n) is 1.52. The lowest BCUT2D eigenvalue weighted by molar-refractivity contribution is -0.117. The molecule has 1 atom stereocenters. The van der Waals surface area contributed by atoms with Crippen LogP contribution in [0.3, 0.4) is 0 Å². The Morgan fingerprint density at radius 2 is 2.36 bits per heavy atom. The van der Waals surface area contributed by atoms with Crippen LogP contribution in [0, 0.1) is 5.92 Å². The van der Waals surface area contributed by atoms with E-state index in [9.17, 15) is 4.79 Å². The molecular formula is C8H9NOS. The number of carbonyl (C=O) groups is 1. The molecule has 0 saturated carbocycles. The Labute approximate surface area is 71.0 Å². The highest BCUT2D eigenvalue weighted by atomic mass is 32.1. The SMILES string of the molecule is CC(=O)C1C=CC(C)=NC1=S. The van der Waals surface area contributed by atoms with E-state index in [1.807, 2.05) is 13.0 Å². The molecule has 0 radical (unpaired) electrons. The number of thiocarbonyl (C=S) groups is 1. The fourth-order valence-corrected chi connectivity index (χ4v) is 1.30. The average molecular weight is 167 g/mol. The van der Waals surface area contributed by atoms with E-state index in [1.54, 1.807) is 6.08 Å². The molecule has 0 fully saturated rings. The smallest absolute Gasteiger partial charge is 0.143 e. The zero-order valence-electron chi connectivity index (χ0n) is 6.50. The number of allylic oxidation sites excluding steroid dienone is 1. The summed E-state index contributed by atoms with van der Waals surface area (Å²) in [7, 11) is 0. The molecule has 3 heteroatoms. The molecule has 0 bridgehead atoms. The van der Waals surface area contributed by atoms with Crippen LogP contribution < -0.4 is 0 Å². The van der Waals surface area contributed by atoms with E-state index < -0.39 is 0 Å². The van der Waals surface area contributed by atoms with Gasteiger partial charge in [-0.15, -0.1) is 0 Å². The third kappa shape index (κ3) is 1.80. The predicted molar refractivity (Wildman–Crippen MR) is 49.0 cm³/mol. The van der Waals surface area contributed by atoms with Gasteiger partial charge in [0.05, 0.1) is 5.92 Å². The predicted octanol–water partition coefficient (Wildman–Crippen LogP) is 1.55. The zero-order chi connectivity index (χ0) is 8.43. The Morgan fingerprint density at radius 3 is 2.82 bits per heavy atom. The minimum atomic E-state index is -0.270. The summed E-state index contributed by atoms with van der Waals surface area (Å²) in [5.74, 6) is -0.212. The quantitative estimate of drug-likeness (QED) is 0.554. The van der Waals surface area contributed by atoms with Crippen molar-refractivity contribution in [1.29, 1.82) is 0 Å². The van der Waals surface area contributed by atoms with Crippen LogP contribution >= 0.6 is 12.2 Å². The van der Waals surface area contributed by atoms with Crippen molar-refractivity contribution in [3.05, 3.63) is 12.2 Å². The Morgan fingerprint density at radius 1 is 1.73 bits per heavy atom. The van der Waals surface area contributed by atoms with Crippen LogP contribution in [0.5, 0.6) is 0 Å². The molecule has 1 heterocycles. The monoisotopic (exact) mass is 167 g/mol. The number of nitrogens with zero attached hydrogens (tertiary/aromatic N) is 1. The van der Waals surface area contributed by atoms with Gasteiger partial charge in [-0.3, -0.25) is 4.79 Å². The number of hydrogen-bond acceptors (Lipinski definition) is 2. The van der Waals surface area contributed by atoms with Crippen molar-refractivity contribution in [2.75, 3.05) is 0 Å². The molecule has 1 aliphatic rings. The van der Waals surface area contributed by atoms with Gasteiger partial charge in [0.2, 0.25) is 0 Å². The van der Waals surface area contributed by atoms with Gasteiger partial charge >= 0.3 is 0 Å². The molecule has 58 valence electrons. The van der Waals surface area contributed by atoms with E-state index in [1.165, 1.54) is 6.92 Å². The van der Waals surface area contributed by atoms with Crippen molar-refractivity contribution in [2.45, 2.75) is 13.8 Å². The van der Waals surface area contributed by atoms with E-state index >= 15 is 0 Å². The minimum absolute atomic E-state index is 0.0579. The highest BCUT2D eigenvalue weighted by Crippen LogP contribution is 2.10. The van der Waals surface area contributed by atoms with Crippen LogP contribution in [-0.2, 0) is 4.79 Å². The van der Waals surface area contributed by atoms with E-state index in [-0.39, 0.29) is 11.7 Å². The summed E-state index contributed by atoms with van der Waals surface area (Å²) in [5.41, 5.74) is 0.868. The summed E-state index contributed by atoms with van der Waals surface area (Å²) in [4.78, 5) is 15.4. The van der Waals surface area contributed by atoms with E-state index in [0.29, 0.717) is 4.99 Å². The first kappa shape index (κ1) is 8.27. The van der Waals surface area contributed by atoms with Crippen LogP contribution in [0.15, 0.2) is 17.1 Å². The molecule has 1 rings (SSSR count). The van der Waals surface area contributed by atoms with Crippen molar-refractivity contribution >= 4 is 28.7 Å². The van der Waals surface area contributed by atoms with Crippen LogP contribution in [0.25, 0.3) is 0 Å². The lowest BCUT2D eigenvalue weighted by Crippen LogP contribution is -2.20. The molecule has 0 aromatic carbocycles. The van der Waals surface area contributed by atoms with E-state index in [2.05, 4.69) is 4.99 Å². The molecule has 0 aromatic rings. The van der Waals surface area contributed by atoms with Gasteiger partial charge in [-0.2, -0.15) is 0 Å². The first-order valence-electron chi connectivity index (χ1n) is 3.39. The fourth-order valence-electron chi connectivity index (χ4n) is 0.908. The van der Waals surface area contributed by atoms with Gasteiger partial charge in [-0.1, -0.05) is 18.3 Å². The van der Waals surface area contributed by atoms with Gasteiger partial charge in [-0.05, 0) is 19.9 Å². The zero-order valence-corrected chi connectivity index (χ0v) is 7.31. The maximum Gasteiger partial charge on any atom is 0.143 e. The third-order valence-corrected chi connectivity index (χ3v) is 1.87. The normalized spacial score (nSPS) is 23.3. The molecule has 1 aliphatic heterocycles. The van der Waals surface area contributed by atoms with Gasteiger partial charge < -0.3 is 0 Å². The average Bonchev–Trinajstić information content (AvgIpc) is 1.85. The number of Topliss-reactive ketones (excluding diaryl/α,β-unsaturated/α-hetero) is 1. The number of hydrogen-bond donors (Lipinski definition) is 0. The number of carbonyl (C=O) groups excluding carboxylic acids is 1. The van der Waals surface area contributed by atoms with Crippen LogP contribution in [0.4, 0.5) is 0 Å². The molecule has 0 aliphatic carbocycles. The molecule has 0 aromatic heterocycles. The Balaban J connectivity index is 2.86. The Kier molecular flexibility index (Phi) is 2.29. The van der Waals surface area contributed by atoms with Crippen LogP contribution in [0.1, 0.15) is 13.8 Å². The molecule has 0 amide bonds. The first-order valence-corrected chi connectivity index (χ1v) is 3.80. The lowest BCUT2D eigenvalue weighted by Gasteiger charge is -2.10. The molecule has 2 nitrogen and oxygen atoms in total. The molecule has 0 saturated heterocycles. The summed E-state index contributed by atoms with van der Waals surface area (Å²) < 4.78 is 0.